The quantitative estimate of drug-likeness (QED) is 0.542. The van der Waals surface area contributed by atoms with Gasteiger partial charge in [-0.2, -0.15) is 11.8 Å². The second kappa shape index (κ2) is 3.33. The summed E-state index contributed by atoms with van der Waals surface area (Å²) in [4.78, 5) is 0. The van der Waals surface area contributed by atoms with Crippen LogP contribution >= 0.6 is 11.8 Å². The van der Waals surface area contributed by atoms with E-state index < -0.39 is 0 Å². The Morgan fingerprint density at radius 1 is 1.75 bits per heavy atom. The Bertz CT molecular complexity index is 61.4. The lowest BCUT2D eigenvalue weighted by Gasteiger charge is -2.19. The first-order chi connectivity index (χ1) is 3.93. The van der Waals surface area contributed by atoms with Crippen molar-refractivity contribution in [2.45, 2.75) is 5.25 Å². The molecule has 1 atom stereocenters. The fourth-order valence-electron chi connectivity index (χ4n) is 0.751. The Morgan fingerprint density at radius 2 is 2.62 bits per heavy atom. The summed E-state index contributed by atoms with van der Waals surface area (Å²) in [5.41, 5.74) is 7.04. The van der Waals surface area contributed by atoms with E-state index in [9.17, 15) is 0 Å². The van der Waals surface area contributed by atoms with Crippen LogP contribution in [0.25, 0.3) is 0 Å². The van der Waals surface area contributed by atoms with Crippen LogP contribution in [0.15, 0.2) is 0 Å². The average Bonchev–Trinajstić information content (AvgIpc) is 1.90. The van der Waals surface area contributed by atoms with Gasteiger partial charge in [0, 0.05) is 30.6 Å². The largest absolute Gasteiger partial charge is 0.315 e. The molecule has 1 rings (SSSR count). The lowest BCUT2D eigenvalue weighted by atomic mass is 10.4. The Morgan fingerprint density at radius 3 is 3.00 bits per heavy atom. The molecule has 1 aliphatic rings. The number of hydrogen-bond acceptors (Lipinski definition) is 2. The molecule has 0 aromatic rings. The zero-order valence-corrected chi connectivity index (χ0v) is 5.63. The number of nitrogens with one attached hydrogen (secondary N) is 2. The van der Waals surface area contributed by atoms with E-state index in [-0.39, 0.29) is 0 Å². The second-order valence-corrected chi connectivity index (χ2v) is 3.31. The van der Waals surface area contributed by atoms with Gasteiger partial charge < -0.3 is 5.32 Å². The van der Waals surface area contributed by atoms with Crippen LogP contribution in [0.4, 0.5) is 0 Å². The minimum absolute atomic E-state index is 0.559. The molecule has 0 aromatic carbocycles. The molecular weight excluding hydrogens is 120 g/mol. The first kappa shape index (κ1) is 6.39. The van der Waals surface area contributed by atoms with Gasteiger partial charge in [0.1, 0.15) is 0 Å². The molecule has 1 aliphatic heterocycles. The Balaban J connectivity index is 2.13. The van der Waals surface area contributed by atoms with E-state index in [0.717, 1.165) is 13.1 Å². The first-order valence-electron chi connectivity index (χ1n) is 2.90. The predicted octanol–water partition coefficient (Wildman–Crippen LogP) is -0.0257. The third-order valence-corrected chi connectivity index (χ3v) is 2.48. The summed E-state index contributed by atoms with van der Waals surface area (Å²) in [7, 11) is 0. The molecule has 0 aromatic heterocycles. The molecule has 1 heterocycles. The van der Waals surface area contributed by atoms with Gasteiger partial charge in [0.15, 0.2) is 0 Å². The van der Waals surface area contributed by atoms with Crippen LogP contribution in [-0.4, -0.2) is 30.6 Å². The second-order valence-electron chi connectivity index (χ2n) is 1.90. The fourth-order valence-corrected chi connectivity index (χ4v) is 1.70. The van der Waals surface area contributed by atoms with E-state index in [1.807, 2.05) is 11.8 Å². The SMILES string of the molecule is [NH]CC1CNCCS1. The molecule has 3 heteroatoms. The summed E-state index contributed by atoms with van der Waals surface area (Å²) in [5.74, 6) is 1.18. The minimum Gasteiger partial charge on any atom is -0.315 e. The number of rotatable bonds is 1. The molecule has 1 fully saturated rings. The molecule has 8 heavy (non-hydrogen) atoms. The highest BCUT2D eigenvalue weighted by atomic mass is 32.2. The highest BCUT2D eigenvalue weighted by Gasteiger charge is 2.09. The third-order valence-electron chi connectivity index (χ3n) is 1.23. The molecular formula is C5H11N2S. The van der Waals surface area contributed by atoms with Gasteiger partial charge in [0.25, 0.3) is 0 Å². The molecule has 2 N–H and O–H groups in total. The highest BCUT2D eigenvalue weighted by molar-refractivity contribution is 8.00. The van der Waals surface area contributed by atoms with Crippen molar-refractivity contribution in [2.24, 2.45) is 0 Å². The Labute approximate surface area is 54.2 Å². The molecule has 2 nitrogen and oxygen atoms in total. The van der Waals surface area contributed by atoms with Crippen molar-refractivity contribution in [3.05, 3.63) is 0 Å². The van der Waals surface area contributed by atoms with E-state index in [2.05, 4.69) is 5.32 Å². The smallest absolute Gasteiger partial charge is 0.0311 e. The lowest BCUT2D eigenvalue weighted by molar-refractivity contribution is 0.668. The summed E-state index contributed by atoms with van der Waals surface area (Å²) in [6, 6.07) is 0. The van der Waals surface area contributed by atoms with Crippen molar-refractivity contribution in [3.63, 3.8) is 0 Å². The number of hydrogen-bond donors (Lipinski definition) is 1. The van der Waals surface area contributed by atoms with Crippen molar-refractivity contribution in [3.8, 4) is 0 Å². The van der Waals surface area contributed by atoms with Gasteiger partial charge in [-0.1, -0.05) is 0 Å². The van der Waals surface area contributed by atoms with Gasteiger partial charge in [-0.15, -0.1) is 0 Å². The maximum absolute atomic E-state index is 7.04. The summed E-state index contributed by atoms with van der Waals surface area (Å²) in [6.07, 6.45) is 0. The summed E-state index contributed by atoms with van der Waals surface area (Å²) in [5, 5.41) is 3.80. The standard InChI is InChI=1S/C5H11N2S/c6-3-5-4-7-1-2-8-5/h5-7H,1-4H2. The van der Waals surface area contributed by atoms with Gasteiger partial charge >= 0.3 is 0 Å². The van der Waals surface area contributed by atoms with Crippen molar-refractivity contribution in [2.75, 3.05) is 25.4 Å². The molecule has 1 radical (unpaired) electrons. The van der Waals surface area contributed by atoms with E-state index >= 15 is 0 Å². The molecule has 1 unspecified atom stereocenters. The van der Waals surface area contributed by atoms with Crippen LogP contribution in [0.2, 0.25) is 0 Å². The van der Waals surface area contributed by atoms with E-state index in [0.29, 0.717) is 11.8 Å². The summed E-state index contributed by atoms with van der Waals surface area (Å²) in [6.45, 7) is 2.73. The summed E-state index contributed by atoms with van der Waals surface area (Å²) < 4.78 is 0. The average molecular weight is 131 g/mol. The topological polar surface area (TPSA) is 35.8 Å². The van der Waals surface area contributed by atoms with Gasteiger partial charge in [0.2, 0.25) is 0 Å². The van der Waals surface area contributed by atoms with Crippen LogP contribution in [0.5, 0.6) is 0 Å². The zero-order valence-electron chi connectivity index (χ0n) is 4.81. The lowest BCUT2D eigenvalue weighted by Crippen LogP contribution is -2.34. The molecule has 0 bridgehead atoms. The molecule has 0 amide bonds. The van der Waals surface area contributed by atoms with E-state index in [1.54, 1.807) is 0 Å². The molecule has 47 valence electrons. The van der Waals surface area contributed by atoms with E-state index in [4.69, 9.17) is 5.73 Å². The molecule has 0 spiro atoms. The van der Waals surface area contributed by atoms with Crippen LogP contribution in [0.1, 0.15) is 0 Å². The third kappa shape index (κ3) is 1.65. The van der Waals surface area contributed by atoms with Gasteiger partial charge in [-0.05, 0) is 0 Å². The fraction of sp³-hybridized carbons (Fsp3) is 1.00. The normalized spacial score (nSPS) is 30.4. The predicted molar refractivity (Wildman–Crippen MR) is 37.1 cm³/mol. The molecule has 0 aliphatic carbocycles. The minimum atomic E-state index is 0.559. The van der Waals surface area contributed by atoms with Crippen LogP contribution in [-0.2, 0) is 0 Å². The number of thioether (sulfide) groups is 1. The zero-order chi connectivity index (χ0) is 5.82. The van der Waals surface area contributed by atoms with Crippen molar-refractivity contribution >= 4 is 11.8 Å². The maximum atomic E-state index is 7.04. The van der Waals surface area contributed by atoms with Crippen LogP contribution < -0.4 is 11.1 Å². The van der Waals surface area contributed by atoms with Crippen molar-refractivity contribution < 1.29 is 0 Å². The van der Waals surface area contributed by atoms with Crippen LogP contribution in [0, 0.1) is 0 Å². The Kier molecular flexibility index (Phi) is 2.66. The van der Waals surface area contributed by atoms with Crippen LogP contribution in [0.3, 0.4) is 0 Å². The van der Waals surface area contributed by atoms with E-state index in [1.165, 1.54) is 5.75 Å². The van der Waals surface area contributed by atoms with Crippen molar-refractivity contribution in [1.29, 1.82) is 0 Å². The maximum Gasteiger partial charge on any atom is 0.0311 e. The van der Waals surface area contributed by atoms with Gasteiger partial charge in [-0.25, -0.2) is 0 Å². The highest BCUT2D eigenvalue weighted by Crippen LogP contribution is 2.11. The first-order valence-corrected chi connectivity index (χ1v) is 3.95. The molecule has 1 saturated heterocycles. The summed E-state index contributed by atoms with van der Waals surface area (Å²) >= 11 is 1.91. The monoisotopic (exact) mass is 131 g/mol. The van der Waals surface area contributed by atoms with Crippen molar-refractivity contribution in [1.82, 2.24) is 11.1 Å². The van der Waals surface area contributed by atoms with Gasteiger partial charge in [0.05, 0.1) is 0 Å². The Hall–Kier alpha value is 0.270. The molecule has 0 saturated carbocycles. The van der Waals surface area contributed by atoms with Gasteiger partial charge in [-0.3, -0.25) is 5.73 Å².